The molecule has 1 aliphatic heterocycles. The van der Waals surface area contributed by atoms with Crippen molar-refractivity contribution in [2.24, 2.45) is 11.7 Å². The molecule has 3 nitrogen and oxygen atoms in total. The van der Waals surface area contributed by atoms with Crippen LogP contribution in [0.15, 0.2) is 0 Å². The van der Waals surface area contributed by atoms with E-state index in [0.717, 1.165) is 38.9 Å². The Bertz CT molecular complexity index is 174. The van der Waals surface area contributed by atoms with Gasteiger partial charge in [0, 0.05) is 31.6 Å². The predicted molar refractivity (Wildman–Crippen MR) is 56.1 cm³/mol. The highest BCUT2D eigenvalue weighted by Gasteiger charge is 2.20. The van der Waals surface area contributed by atoms with Crippen molar-refractivity contribution in [3.8, 4) is 0 Å². The zero-order valence-corrected chi connectivity index (χ0v) is 9.00. The molecule has 0 amide bonds. The summed E-state index contributed by atoms with van der Waals surface area (Å²) in [5.41, 5.74) is 5.63. The minimum Gasteiger partial charge on any atom is -0.381 e. The van der Waals surface area contributed by atoms with Gasteiger partial charge in [0.1, 0.15) is 5.78 Å². The number of carbonyl (C=O) groups excluding carboxylic acids is 1. The molecule has 1 fully saturated rings. The number of hydrogen-bond donors (Lipinski definition) is 1. The van der Waals surface area contributed by atoms with Crippen LogP contribution in [0, 0.1) is 5.92 Å². The standard InChI is InChI=1S/C11H21NO2/c1-9(12)3-2-4-11(13)10-5-7-14-8-6-10/h9-10H,2-8,12H2,1H3. The minimum absolute atomic E-state index is 0.220. The first-order valence-corrected chi connectivity index (χ1v) is 5.56. The van der Waals surface area contributed by atoms with Gasteiger partial charge in [-0.15, -0.1) is 0 Å². The smallest absolute Gasteiger partial charge is 0.136 e. The van der Waals surface area contributed by atoms with Crippen LogP contribution in [0.25, 0.3) is 0 Å². The lowest BCUT2D eigenvalue weighted by molar-refractivity contribution is -0.125. The molecule has 0 saturated carbocycles. The number of rotatable bonds is 5. The monoisotopic (exact) mass is 199 g/mol. The van der Waals surface area contributed by atoms with Crippen molar-refractivity contribution < 1.29 is 9.53 Å². The maximum Gasteiger partial charge on any atom is 0.136 e. The van der Waals surface area contributed by atoms with Crippen LogP contribution in [-0.4, -0.2) is 25.0 Å². The fourth-order valence-electron chi connectivity index (χ4n) is 1.82. The van der Waals surface area contributed by atoms with Gasteiger partial charge in [0.15, 0.2) is 0 Å². The van der Waals surface area contributed by atoms with Crippen molar-refractivity contribution >= 4 is 5.78 Å². The van der Waals surface area contributed by atoms with E-state index >= 15 is 0 Å². The van der Waals surface area contributed by atoms with Crippen LogP contribution in [0.1, 0.15) is 39.0 Å². The molecule has 3 heteroatoms. The summed E-state index contributed by atoms with van der Waals surface area (Å²) in [5.74, 6) is 0.672. The Hall–Kier alpha value is -0.410. The number of carbonyl (C=O) groups is 1. The Morgan fingerprint density at radius 1 is 1.50 bits per heavy atom. The molecule has 0 bridgehead atoms. The molecule has 0 aromatic heterocycles. The van der Waals surface area contributed by atoms with Crippen LogP contribution >= 0.6 is 0 Å². The Kier molecular flexibility index (Phi) is 5.12. The van der Waals surface area contributed by atoms with Crippen LogP contribution in [0.2, 0.25) is 0 Å². The maximum absolute atomic E-state index is 11.7. The van der Waals surface area contributed by atoms with E-state index in [1.54, 1.807) is 0 Å². The average molecular weight is 199 g/mol. The molecule has 0 aliphatic carbocycles. The number of hydrogen-bond acceptors (Lipinski definition) is 3. The fourth-order valence-corrected chi connectivity index (χ4v) is 1.82. The quantitative estimate of drug-likeness (QED) is 0.730. The highest BCUT2D eigenvalue weighted by Crippen LogP contribution is 2.18. The van der Waals surface area contributed by atoms with Gasteiger partial charge in [0.05, 0.1) is 0 Å². The normalized spacial score (nSPS) is 20.7. The van der Waals surface area contributed by atoms with Gasteiger partial charge in [-0.05, 0) is 32.6 Å². The molecular weight excluding hydrogens is 178 g/mol. The molecule has 1 aliphatic rings. The summed E-state index contributed by atoms with van der Waals surface area (Å²) in [7, 11) is 0. The minimum atomic E-state index is 0.220. The molecule has 14 heavy (non-hydrogen) atoms. The van der Waals surface area contributed by atoms with Crippen molar-refractivity contribution in [3.63, 3.8) is 0 Å². The SMILES string of the molecule is CC(N)CCCC(=O)C1CCOCC1. The van der Waals surface area contributed by atoms with Gasteiger partial charge in [-0.3, -0.25) is 4.79 Å². The molecule has 1 saturated heterocycles. The number of ether oxygens (including phenoxy) is 1. The third-order valence-corrected chi connectivity index (χ3v) is 2.76. The lowest BCUT2D eigenvalue weighted by Gasteiger charge is -2.20. The molecule has 1 unspecified atom stereocenters. The van der Waals surface area contributed by atoms with Gasteiger partial charge >= 0.3 is 0 Å². The molecular formula is C11H21NO2. The number of nitrogens with two attached hydrogens (primary N) is 1. The lowest BCUT2D eigenvalue weighted by atomic mass is 9.92. The van der Waals surface area contributed by atoms with Crippen molar-refractivity contribution in [2.45, 2.75) is 45.1 Å². The largest absolute Gasteiger partial charge is 0.381 e. The molecule has 0 radical (unpaired) electrons. The van der Waals surface area contributed by atoms with E-state index in [9.17, 15) is 4.79 Å². The van der Waals surface area contributed by atoms with Gasteiger partial charge in [0.2, 0.25) is 0 Å². The summed E-state index contributed by atoms with van der Waals surface area (Å²) in [5, 5.41) is 0. The summed E-state index contributed by atoms with van der Waals surface area (Å²) >= 11 is 0. The molecule has 0 aromatic carbocycles. The topological polar surface area (TPSA) is 52.3 Å². The van der Waals surface area contributed by atoms with E-state index in [1.165, 1.54) is 0 Å². The molecule has 0 aromatic rings. The summed E-state index contributed by atoms with van der Waals surface area (Å²) in [6.45, 7) is 3.49. The van der Waals surface area contributed by atoms with Gasteiger partial charge in [-0.25, -0.2) is 0 Å². The Labute approximate surface area is 86.0 Å². The highest BCUT2D eigenvalue weighted by atomic mass is 16.5. The fraction of sp³-hybridized carbons (Fsp3) is 0.909. The van der Waals surface area contributed by atoms with E-state index < -0.39 is 0 Å². The van der Waals surface area contributed by atoms with Crippen molar-refractivity contribution in [3.05, 3.63) is 0 Å². The molecule has 82 valence electrons. The van der Waals surface area contributed by atoms with Gasteiger partial charge in [-0.2, -0.15) is 0 Å². The Morgan fingerprint density at radius 3 is 2.71 bits per heavy atom. The predicted octanol–water partition coefficient (Wildman–Crippen LogP) is 1.50. The average Bonchev–Trinajstić information content (AvgIpc) is 2.18. The third kappa shape index (κ3) is 4.20. The van der Waals surface area contributed by atoms with E-state index in [4.69, 9.17) is 10.5 Å². The zero-order chi connectivity index (χ0) is 10.4. The molecule has 2 N–H and O–H groups in total. The summed E-state index contributed by atoms with van der Waals surface area (Å²) in [4.78, 5) is 11.7. The molecule has 1 rings (SSSR count). The van der Waals surface area contributed by atoms with E-state index in [0.29, 0.717) is 12.2 Å². The van der Waals surface area contributed by atoms with Gasteiger partial charge in [0.25, 0.3) is 0 Å². The Morgan fingerprint density at radius 2 is 2.14 bits per heavy atom. The third-order valence-electron chi connectivity index (χ3n) is 2.76. The van der Waals surface area contributed by atoms with Crippen molar-refractivity contribution in [1.82, 2.24) is 0 Å². The van der Waals surface area contributed by atoms with E-state index in [2.05, 4.69) is 0 Å². The summed E-state index contributed by atoms with van der Waals surface area (Å²) < 4.78 is 5.22. The lowest BCUT2D eigenvalue weighted by Crippen LogP contribution is -2.23. The zero-order valence-electron chi connectivity index (χ0n) is 9.00. The van der Waals surface area contributed by atoms with E-state index in [-0.39, 0.29) is 12.0 Å². The molecule has 1 atom stereocenters. The highest BCUT2D eigenvalue weighted by molar-refractivity contribution is 5.81. The molecule has 1 heterocycles. The van der Waals surface area contributed by atoms with Crippen LogP contribution in [0.5, 0.6) is 0 Å². The van der Waals surface area contributed by atoms with Crippen molar-refractivity contribution in [2.75, 3.05) is 13.2 Å². The van der Waals surface area contributed by atoms with Gasteiger partial charge in [-0.1, -0.05) is 0 Å². The number of ketones is 1. The Balaban J connectivity index is 2.13. The van der Waals surface area contributed by atoms with Gasteiger partial charge < -0.3 is 10.5 Å². The van der Waals surface area contributed by atoms with Crippen LogP contribution in [0.3, 0.4) is 0 Å². The second-order valence-electron chi connectivity index (χ2n) is 4.22. The second kappa shape index (κ2) is 6.14. The van der Waals surface area contributed by atoms with Crippen LogP contribution in [-0.2, 0) is 9.53 Å². The first-order chi connectivity index (χ1) is 6.70. The summed E-state index contributed by atoms with van der Waals surface area (Å²) in [6, 6.07) is 0.220. The second-order valence-corrected chi connectivity index (χ2v) is 4.22. The van der Waals surface area contributed by atoms with Crippen molar-refractivity contribution in [1.29, 1.82) is 0 Å². The van der Waals surface area contributed by atoms with Crippen LogP contribution < -0.4 is 5.73 Å². The summed E-state index contributed by atoms with van der Waals surface area (Å²) in [6.07, 6.45) is 4.42. The first kappa shape index (κ1) is 11.7. The first-order valence-electron chi connectivity index (χ1n) is 5.56. The number of Topliss-reactive ketones (excluding diaryl/α,β-unsaturated/α-hetero) is 1. The maximum atomic E-state index is 11.7. The van der Waals surface area contributed by atoms with E-state index in [1.807, 2.05) is 6.92 Å². The molecule has 0 spiro atoms. The van der Waals surface area contributed by atoms with Crippen LogP contribution in [0.4, 0.5) is 0 Å².